The van der Waals surface area contributed by atoms with Gasteiger partial charge in [-0.15, -0.1) is 0 Å². The number of aromatic nitrogens is 3. The molecule has 3 atom stereocenters. The first kappa shape index (κ1) is 21.2. The Hall–Kier alpha value is -2.03. The molecule has 2 aromatic rings. The molecule has 0 saturated carbocycles. The van der Waals surface area contributed by atoms with E-state index >= 15 is 0 Å². The van der Waals surface area contributed by atoms with Crippen LogP contribution < -0.4 is 5.69 Å². The fourth-order valence-electron chi connectivity index (χ4n) is 4.90. The molecule has 1 N–H and O–H groups in total. The van der Waals surface area contributed by atoms with Crippen LogP contribution in [-0.2, 0) is 31.5 Å². The number of benzene rings is 1. The lowest BCUT2D eigenvalue weighted by Gasteiger charge is -2.39. The maximum atomic E-state index is 14.8. The number of alkyl halides is 1. The highest BCUT2D eigenvalue weighted by molar-refractivity contribution is 5.24. The fourth-order valence-corrected chi connectivity index (χ4v) is 4.90. The van der Waals surface area contributed by atoms with E-state index in [0.29, 0.717) is 25.2 Å². The number of aliphatic hydroxyl groups excluding tert-OH is 1. The molecule has 0 amide bonds. The van der Waals surface area contributed by atoms with Crippen molar-refractivity contribution in [2.24, 2.45) is 7.05 Å². The Kier molecular flexibility index (Phi) is 6.36. The summed E-state index contributed by atoms with van der Waals surface area (Å²) in [4.78, 5) is 14.4. The van der Waals surface area contributed by atoms with Crippen LogP contribution in [0.3, 0.4) is 0 Å². The van der Waals surface area contributed by atoms with Crippen molar-refractivity contribution in [3.63, 3.8) is 0 Å². The Bertz CT molecular complexity index is 913. The second kappa shape index (κ2) is 8.99. The van der Waals surface area contributed by atoms with Crippen LogP contribution in [-0.4, -0.2) is 55.3 Å². The Morgan fingerprint density at radius 2 is 1.93 bits per heavy atom. The van der Waals surface area contributed by atoms with Crippen molar-refractivity contribution in [2.75, 3.05) is 6.54 Å². The van der Waals surface area contributed by atoms with E-state index in [4.69, 9.17) is 4.74 Å². The number of fused-ring (bicyclic) bond motifs is 2. The van der Waals surface area contributed by atoms with E-state index in [9.17, 15) is 14.3 Å². The number of aryl methyl sites for hydroxylation is 1. The average molecular weight is 419 g/mol. The van der Waals surface area contributed by atoms with Gasteiger partial charge < -0.3 is 9.84 Å². The van der Waals surface area contributed by atoms with Crippen LogP contribution >= 0.6 is 0 Å². The predicted octanol–water partition coefficient (Wildman–Crippen LogP) is 1.93. The number of halogens is 1. The lowest BCUT2D eigenvalue weighted by atomic mass is 9.99. The Balaban J connectivity index is 1.31. The highest BCUT2D eigenvalue weighted by Crippen LogP contribution is 2.37. The molecule has 8 heteroatoms. The van der Waals surface area contributed by atoms with Gasteiger partial charge in [0.15, 0.2) is 5.82 Å². The first-order valence-corrected chi connectivity index (χ1v) is 10.8. The molecule has 2 fully saturated rings. The van der Waals surface area contributed by atoms with Gasteiger partial charge >= 0.3 is 5.69 Å². The van der Waals surface area contributed by atoms with Crippen LogP contribution in [0.5, 0.6) is 0 Å². The zero-order valence-electron chi connectivity index (χ0n) is 17.7. The maximum Gasteiger partial charge on any atom is 0.345 e. The van der Waals surface area contributed by atoms with Gasteiger partial charge in [-0.25, -0.2) is 13.9 Å². The molecule has 3 unspecified atom stereocenters. The standard InChI is InChI=1S/C22H31FN4O3/c1-15-5-3-4-6-16(15)14-30-20-9-18-7-8-19(10-20)26(18)11-17(23)12-27-22(29)25(2)21(13-28)24-27/h3-6,17-20,28H,7-14H2,1-2H3. The third-order valence-electron chi connectivity index (χ3n) is 6.63. The lowest BCUT2D eigenvalue weighted by molar-refractivity contribution is -0.0343. The summed E-state index contributed by atoms with van der Waals surface area (Å²) >= 11 is 0. The number of ether oxygens (including phenoxy) is 1. The number of piperidine rings is 1. The quantitative estimate of drug-likeness (QED) is 0.709. The zero-order valence-corrected chi connectivity index (χ0v) is 17.7. The number of hydrogen-bond donors (Lipinski definition) is 1. The maximum absolute atomic E-state index is 14.8. The zero-order chi connectivity index (χ0) is 21.3. The monoisotopic (exact) mass is 418 g/mol. The summed E-state index contributed by atoms with van der Waals surface area (Å²) in [6, 6.07) is 8.94. The molecule has 2 bridgehead atoms. The normalized spacial score (nSPS) is 25.0. The van der Waals surface area contributed by atoms with Gasteiger partial charge in [-0.2, -0.15) is 5.10 Å². The van der Waals surface area contributed by atoms with Gasteiger partial charge in [-0.05, 0) is 43.7 Å². The van der Waals surface area contributed by atoms with E-state index < -0.39 is 11.9 Å². The van der Waals surface area contributed by atoms with E-state index in [2.05, 4.69) is 29.1 Å². The average Bonchev–Trinajstić information content (AvgIpc) is 3.12. The number of aliphatic hydroxyl groups is 1. The highest BCUT2D eigenvalue weighted by atomic mass is 19.1. The topological polar surface area (TPSA) is 72.5 Å². The summed E-state index contributed by atoms with van der Waals surface area (Å²) in [5.41, 5.74) is 2.07. The van der Waals surface area contributed by atoms with Gasteiger partial charge in [0.05, 0.1) is 19.3 Å². The summed E-state index contributed by atoms with van der Waals surface area (Å²) in [5.74, 6) is 0.249. The van der Waals surface area contributed by atoms with E-state index in [1.807, 2.05) is 12.1 Å². The van der Waals surface area contributed by atoms with Gasteiger partial charge in [-0.3, -0.25) is 9.47 Å². The minimum atomic E-state index is -1.18. The van der Waals surface area contributed by atoms with E-state index in [0.717, 1.165) is 30.4 Å². The van der Waals surface area contributed by atoms with Gasteiger partial charge in [-0.1, -0.05) is 24.3 Å². The number of rotatable bonds is 8. The van der Waals surface area contributed by atoms with Crippen LogP contribution in [0.1, 0.15) is 42.6 Å². The molecule has 0 radical (unpaired) electrons. The van der Waals surface area contributed by atoms with Crippen molar-refractivity contribution in [2.45, 2.75) is 76.7 Å². The van der Waals surface area contributed by atoms with Crippen LogP contribution in [0.15, 0.2) is 29.1 Å². The van der Waals surface area contributed by atoms with Gasteiger partial charge in [0, 0.05) is 25.7 Å². The summed E-state index contributed by atoms with van der Waals surface area (Å²) in [6.45, 7) is 2.60. The molecule has 0 aliphatic carbocycles. The first-order valence-electron chi connectivity index (χ1n) is 10.8. The SMILES string of the molecule is Cc1ccccc1COC1CC2CCC(C1)N2CC(F)Cn1nc(CO)n(C)c1=O. The van der Waals surface area contributed by atoms with E-state index in [1.54, 1.807) is 0 Å². The summed E-state index contributed by atoms with van der Waals surface area (Å²) < 4.78 is 23.4. The second-order valence-electron chi connectivity index (χ2n) is 8.61. The molecular formula is C22H31FN4O3. The Labute approximate surface area is 176 Å². The number of hydrogen-bond acceptors (Lipinski definition) is 5. The van der Waals surface area contributed by atoms with Crippen LogP contribution in [0.25, 0.3) is 0 Å². The molecule has 164 valence electrons. The lowest BCUT2D eigenvalue weighted by Crippen LogP contribution is -2.48. The van der Waals surface area contributed by atoms with Gasteiger partial charge in [0.25, 0.3) is 0 Å². The van der Waals surface area contributed by atoms with Crippen LogP contribution in [0.4, 0.5) is 4.39 Å². The molecule has 30 heavy (non-hydrogen) atoms. The third kappa shape index (κ3) is 4.36. The predicted molar refractivity (Wildman–Crippen MR) is 111 cm³/mol. The van der Waals surface area contributed by atoms with Gasteiger partial charge in [0.1, 0.15) is 12.8 Å². The second-order valence-corrected chi connectivity index (χ2v) is 8.61. The van der Waals surface area contributed by atoms with Crippen molar-refractivity contribution in [1.82, 2.24) is 19.2 Å². The minimum absolute atomic E-state index is 0.0875. The number of nitrogens with zero attached hydrogens (tertiary/aromatic N) is 4. The summed E-state index contributed by atoms with van der Waals surface area (Å²) in [7, 11) is 1.53. The van der Waals surface area contributed by atoms with Crippen molar-refractivity contribution in [3.8, 4) is 0 Å². The minimum Gasteiger partial charge on any atom is -0.388 e. The van der Waals surface area contributed by atoms with Crippen molar-refractivity contribution < 1.29 is 14.2 Å². The van der Waals surface area contributed by atoms with Crippen LogP contribution in [0.2, 0.25) is 0 Å². The first-order chi connectivity index (χ1) is 14.5. The molecular weight excluding hydrogens is 387 g/mol. The van der Waals surface area contributed by atoms with Crippen LogP contribution in [0, 0.1) is 6.92 Å². The molecule has 7 nitrogen and oxygen atoms in total. The summed E-state index contributed by atoms with van der Waals surface area (Å²) in [6.07, 6.45) is 3.01. The smallest absolute Gasteiger partial charge is 0.345 e. The molecule has 0 spiro atoms. The highest BCUT2D eigenvalue weighted by Gasteiger charge is 2.42. The molecule has 2 aliphatic heterocycles. The summed E-state index contributed by atoms with van der Waals surface area (Å²) in [5, 5.41) is 13.3. The van der Waals surface area contributed by atoms with Gasteiger partial charge in [0.2, 0.25) is 0 Å². The Morgan fingerprint density at radius 1 is 1.23 bits per heavy atom. The van der Waals surface area contributed by atoms with Crippen molar-refractivity contribution >= 4 is 0 Å². The molecule has 2 aliphatic rings. The molecule has 3 heterocycles. The molecule has 4 rings (SSSR count). The Morgan fingerprint density at radius 3 is 2.57 bits per heavy atom. The van der Waals surface area contributed by atoms with E-state index in [-0.39, 0.29) is 25.1 Å². The molecule has 2 saturated heterocycles. The third-order valence-corrected chi connectivity index (χ3v) is 6.63. The fraction of sp³-hybridized carbons (Fsp3) is 0.636. The molecule has 1 aromatic carbocycles. The largest absolute Gasteiger partial charge is 0.388 e. The molecule has 1 aromatic heterocycles. The van der Waals surface area contributed by atoms with Crippen molar-refractivity contribution in [1.29, 1.82) is 0 Å². The van der Waals surface area contributed by atoms with E-state index in [1.165, 1.54) is 22.7 Å². The van der Waals surface area contributed by atoms with Crippen molar-refractivity contribution in [3.05, 3.63) is 51.7 Å².